The summed E-state index contributed by atoms with van der Waals surface area (Å²) in [5.74, 6) is -1.71. The minimum absolute atomic E-state index is 0.109. The number of benzene rings is 2. The molecule has 2 aromatic carbocycles. The van der Waals surface area contributed by atoms with Crippen LogP contribution < -0.4 is 5.32 Å². The van der Waals surface area contributed by atoms with Crippen LogP contribution in [0.15, 0.2) is 48.7 Å². The normalized spacial score (nSPS) is 11.3. The van der Waals surface area contributed by atoms with E-state index in [-0.39, 0.29) is 22.5 Å². The standard InChI is InChI=1S/C18H12F4N4O3/c1-10-14(19)8-11(9-15(10)26(28)29)17(27)24-12-2-4-13(5-3-12)25-16(6-7-23-25)18(20,21)22/h2-9H,1H3,(H,24,27). The lowest BCUT2D eigenvalue weighted by Crippen LogP contribution is -2.14. The fourth-order valence-corrected chi connectivity index (χ4v) is 2.60. The Bertz CT molecular complexity index is 1090. The zero-order chi connectivity index (χ0) is 21.3. The van der Waals surface area contributed by atoms with Gasteiger partial charge in [0.2, 0.25) is 0 Å². The fraction of sp³-hybridized carbons (Fsp3) is 0.111. The number of nitro groups is 1. The number of nitrogens with one attached hydrogen (secondary N) is 1. The van der Waals surface area contributed by atoms with E-state index in [0.717, 1.165) is 24.4 Å². The van der Waals surface area contributed by atoms with Crippen molar-refractivity contribution >= 4 is 17.3 Å². The van der Waals surface area contributed by atoms with E-state index in [1.54, 1.807) is 0 Å². The Morgan fingerprint density at radius 3 is 2.41 bits per heavy atom. The van der Waals surface area contributed by atoms with Crippen molar-refractivity contribution in [2.75, 3.05) is 5.32 Å². The number of nitro benzene ring substituents is 1. The van der Waals surface area contributed by atoms with Crippen LogP contribution in [0.25, 0.3) is 5.69 Å². The molecule has 0 atom stereocenters. The topological polar surface area (TPSA) is 90.1 Å². The third-order valence-corrected chi connectivity index (χ3v) is 4.08. The first-order valence-electron chi connectivity index (χ1n) is 8.05. The highest BCUT2D eigenvalue weighted by molar-refractivity contribution is 6.04. The van der Waals surface area contributed by atoms with Gasteiger partial charge >= 0.3 is 6.18 Å². The van der Waals surface area contributed by atoms with Crippen LogP contribution >= 0.6 is 0 Å². The molecule has 0 saturated carbocycles. The van der Waals surface area contributed by atoms with E-state index in [4.69, 9.17) is 0 Å². The van der Waals surface area contributed by atoms with Crippen molar-refractivity contribution in [1.29, 1.82) is 0 Å². The van der Waals surface area contributed by atoms with Gasteiger partial charge in [-0.15, -0.1) is 0 Å². The van der Waals surface area contributed by atoms with Crippen LogP contribution in [0, 0.1) is 22.9 Å². The first kappa shape index (κ1) is 20.0. The first-order valence-corrected chi connectivity index (χ1v) is 8.05. The van der Waals surface area contributed by atoms with Crippen molar-refractivity contribution in [3.8, 4) is 5.69 Å². The van der Waals surface area contributed by atoms with Gasteiger partial charge in [-0.25, -0.2) is 9.07 Å². The predicted molar refractivity (Wildman–Crippen MR) is 94.3 cm³/mol. The molecule has 7 nitrogen and oxygen atoms in total. The van der Waals surface area contributed by atoms with Gasteiger partial charge in [-0.3, -0.25) is 14.9 Å². The van der Waals surface area contributed by atoms with Crippen molar-refractivity contribution in [2.24, 2.45) is 0 Å². The molecule has 0 spiro atoms. The third-order valence-electron chi connectivity index (χ3n) is 4.08. The van der Waals surface area contributed by atoms with Gasteiger partial charge in [0.1, 0.15) is 11.5 Å². The molecule has 1 heterocycles. The Labute approximate surface area is 160 Å². The van der Waals surface area contributed by atoms with Gasteiger partial charge in [0.15, 0.2) is 0 Å². The maximum Gasteiger partial charge on any atom is 0.433 e. The highest BCUT2D eigenvalue weighted by atomic mass is 19.4. The second kappa shape index (κ2) is 7.34. The minimum atomic E-state index is -4.59. The van der Waals surface area contributed by atoms with Crippen LogP contribution in [0.5, 0.6) is 0 Å². The fourth-order valence-electron chi connectivity index (χ4n) is 2.60. The summed E-state index contributed by atoms with van der Waals surface area (Å²) < 4.78 is 53.4. The molecule has 0 aliphatic heterocycles. The average molecular weight is 408 g/mol. The second-order valence-corrected chi connectivity index (χ2v) is 5.99. The van der Waals surface area contributed by atoms with Crippen molar-refractivity contribution in [1.82, 2.24) is 9.78 Å². The summed E-state index contributed by atoms with van der Waals surface area (Å²) in [5, 5.41) is 17.0. The quantitative estimate of drug-likeness (QED) is 0.391. The molecule has 0 saturated heterocycles. The van der Waals surface area contributed by atoms with Crippen LogP contribution in [-0.4, -0.2) is 20.6 Å². The molecule has 0 unspecified atom stereocenters. The number of nitrogens with zero attached hydrogens (tertiary/aromatic N) is 3. The predicted octanol–water partition coefficient (Wildman–Crippen LogP) is 4.50. The molecule has 1 amide bonds. The Balaban J connectivity index is 1.83. The molecule has 11 heteroatoms. The first-order chi connectivity index (χ1) is 13.6. The van der Waals surface area contributed by atoms with Crippen LogP contribution in [0.2, 0.25) is 0 Å². The van der Waals surface area contributed by atoms with E-state index in [0.29, 0.717) is 4.68 Å². The number of alkyl halides is 3. The highest BCUT2D eigenvalue weighted by Gasteiger charge is 2.35. The minimum Gasteiger partial charge on any atom is -0.322 e. The number of aromatic nitrogens is 2. The number of carbonyl (C=O) groups excluding carboxylic acids is 1. The van der Waals surface area contributed by atoms with Crippen LogP contribution in [-0.2, 0) is 6.18 Å². The largest absolute Gasteiger partial charge is 0.433 e. The maximum absolute atomic E-state index is 13.9. The molecule has 29 heavy (non-hydrogen) atoms. The molecule has 150 valence electrons. The van der Waals surface area contributed by atoms with Crippen molar-refractivity contribution in [3.63, 3.8) is 0 Å². The number of rotatable bonds is 4. The highest BCUT2D eigenvalue weighted by Crippen LogP contribution is 2.30. The smallest absolute Gasteiger partial charge is 0.322 e. The molecular formula is C18H12F4N4O3. The lowest BCUT2D eigenvalue weighted by molar-refractivity contribution is -0.385. The SMILES string of the molecule is Cc1c(F)cc(C(=O)Nc2ccc(-n3nccc3C(F)(F)F)cc2)cc1[N+](=O)[O-]. The molecule has 0 fully saturated rings. The van der Waals surface area contributed by atoms with Crippen LogP contribution in [0.3, 0.4) is 0 Å². The lowest BCUT2D eigenvalue weighted by Gasteiger charge is -2.11. The summed E-state index contributed by atoms with van der Waals surface area (Å²) >= 11 is 0. The second-order valence-electron chi connectivity index (χ2n) is 5.99. The number of hydrogen-bond acceptors (Lipinski definition) is 4. The Morgan fingerprint density at radius 1 is 1.17 bits per heavy atom. The number of halogens is 4. The number of hydrogen-bond donors (Lipinski definition) is 1. The van der Waals surface area contributed by atoms with Gasteiger partial charge in [-0.05, 0) is 43.3 Å². The summed E-state index contributed by atoms with van der Waals surface area (Å²) in [6, 6.07) is 7.90. The van der Waals surface area contributed by atoms with Gasteiger partial charge in [-0.1, -0.05) is 0 Å². The summed E-state index contributed by atoms with van der Waals surface area (Å²) in [6.45, 7) is 1.22. The summed E-state index contributed by atoms with van der Waals surface area (Å²) in [4.78, 5) is 22.5. The van der Waals surface area contributed by atoms with Gasteiger partial charge in [0, 0.05) is 17.3 Å². The molecule has 3 aromatic rings. The lowest BCUT2D eigenvalue weighted by atomic mass is 10.1. The van der Waals surface area contributed by atoms with E-state index < -0.39 is 34.2 Å². The van der Waals surface area contributed by atoms with Gasteiger partial charge < -0.3 is 5.32 Å². The van der Waals surface area contributed by atoms with E-state index in [1.807, 2.05) is 0 Å². The van der Waals surface area contributed by atoms with Crippen LogP contribution in [0.1, 0.15) is 21.6 Å². The Morgan fingerprint density at radius 2 is 1.83 bits per heavy atom. The van der Waals surface area contributed by atoms with Crippen molar-refractivity contribution in [2.45, 2.75) is 13.1 Å². The van der Waals surface area contributed by atoms with Crippen LogP contribution in [0.4, 0.5) is 28.9 Å². The Hall–Kier alpha value is -3.76. The van der Waals surface area contributed by atoms with E-state index >= 15 is 0 Å². The zero-order valence-corrected chi connectivity index (χ0v) is 14.7. The molecule has 3 rings (SSSR count). The van der Waals surface area contributed by atoms with E-state index in [9.17, 15) is 32.5 Å². The van der Waals surface area contributed by atoms with Gasteiger partial charge in [0.05, 0.1) is 22.4 Å². The molecule has 1 N–H and O–H groups in total. The summed E-state index contributed by atoms with van der Waals surface area (Å²) in [7, 11) is 0. The zero-order valence-electron chi connectivity index (χ0n) is 14.7. The van der Waals surface area contributed by atoms with Crippen molar-refractivity contribution in [3.05, 3.63) is 81.4 Å². The summed E-state index contributed by atoms with van der Waals surface area (Å²) in [6.07, 6.45) is -3.58. The van der Waals surface area contributed by atoms with E-state index in [1.165, 1.54) is 31.2 Å². The number of anilines is 1. The number of carbonyl (C=O) groups is 1. The van der Waals surface area contributed by atoms with Gasteiger partial charge in [-0.2, -0.15) is 18.3 Å². The molecule has 0 radical (unpaired) electrons. The molecule has 0 aliphatic carbocycles. The number of amides is 1. The molecule has 0 bridgehead atoms. The molecule has 0 aliphatic rings. The third kappa shape index (κ3) is 4.08. The van der Waals surface area contributed by atoms with Gasteiger partial charge in [0.25, 0.3) is 11.6 Å². The monoisotopic (exact) mass is 408 g/mol. The maximum atomic E-state index is 13.9. The summed E-state index contributed by atoms with van der Waals surface area (Å²) in [5.41, 5.74) is -1.66. The Kier molecular flexibility index (Phi) is 5.06. The molecule has 1 aromatic heterocycles. The van der Waals surface area contributed by atoms with E-state index in [2.05, 4.69) is 10.4 Å². The molecular weight excluding hydrogens is 396 g/mol. The average Bonchev–Trinajstić information content (AvgIpc) is 3.14. The van der Waals surface area contributed by atoms with Crippen molar-refractivity contribution < 1.29 is 27.3 Å².